The summed E-state index contributed by atoms with van der Waals surface area (Å²) >= 11 is 0. The van der Waals surface area contributed by atoms with Crippen LogP contribution in [0.3, 0.4) is 0 Å². The molecule has 1 aromatic rings. The van der Waals surface area contributed by atoms with Gasteiger partial charge >= 0.3 is 0 Å². The maximum absolute atomic E-state index is 12.1. The molecule has 0 aromatic heterocycles. The topological polar surface area (TPSA) is 29.1 Å². The van der Waals surface area contributed by atoms with E-state index in [0.29, 0.717) is 24.7 Å². The molecule has 1 aromatic carbocycles. The van der Waals surface area contributed by atoms with Crippen molar-refractivity contribution in [1.82, 2.24) is 5.32 Å². The van der Waals surface area contributed by atoms with Crippen molar-refractivity contribution in [2.45, 2.75) is 57.9 Å². The maximum atomic E-state index is 12.1. The molecule has 0 bridgehead atoms. The quantitative estimate of drug-likeness (QED) is 0.897. The van der Waals surface area contributed by atoms with Gasteiger partial charge in [0.15, 0.2) is 0 Å². The molecule has 2 heteroatoms. The van der Waals surface area contributed by atoms with Crippen LogP contribution in [0.5, 0.6) is 0 Å². The smallest absolute Gasteiger partial charge is 0.147 e. The molecule has 0 spiro atoms. The molecule has 0 saturated heterocycles. The van der Waals surface area contributed by atoms with E-state index in [9.17, 15) is 4.79 Å². The second kappa shape index (κ2) is 5.87. The number of hydrogen-bond donors (Lipinski definition) is 1. The first kappa shape index (κ1) is 14.3. The van der Waals surface area contributed by atoms with Crippen molar-refractivity contribution in [3.05, 3.63) is 35.4 Å². The van der Waals surface area contributed by atoms with Crippen molar-refractivity contribution in [2.75, 3.05) is 6.54 Å². The van der Waals surface area contributed by atoms with Gasteiger partial charge in [0.2, 0.25) is 0 Å². The van der Waals surface area contributed by atoms with Crippen LogP contribution < -0.4 is 5.32 Å². The van der Waals surface area contributed by atoms with Crippen molar-refractivity contribution < 1.29 is 4.79 Å². The van der Waals surface area contributed by atoms with Gasteiger partial charge in [-0.25, -0.2) is 0 Å². The lowest BCUT2D eigenvalue weighted by Crippen LogP contribution is -2.39. The van der Waals surface area contributed by atoms with Crippen molar-refractivity contribution in [3.63, 3.8) is 0 Å². The van der Waals surface area contributed by atoms with Crippen LogP contribution in [0.4, 0.5) is 0 Å². The summed E-state index contributed by atoms with van der Waals surface area (Å²) in [6, 6.07) is 8.60. The van der Waals surface area contributed by atoms with E-state index >= 15 is 0 Å². The highest BCUT2D eigenvalue weighted by Crippen LogP contribution is 2.33. The minimum Gasteiger partial charge on any atom is -0.305 e. The molecule has 1 unspecified atom stereocenters. The van der Waals surface area contributed by atoms with Crippen molar-refractivity contribution in [3.8, 4) is 0 Å². The zero-order chi connectivity index (χ0) is 13.9. The molecular formula is C17H25NO. The fourth-order valence-corrected chi connectivity index (χ4v) is 2.78. The number of benzene rings is 1. The van der Waals surface area contributed by atoms with Crippen LogP contribution in [0, 0.1) is 0 Å². The summed E-state index contributed by atoms with van der Waals surface area (Å²) < 4.78 is 0. The number of carbonyl (C=O) groups excluding carboxylic acids is 1. The van der Waals surface area contributed by atoms with Crippen molar-refractivity contribution in [2.24, 2.45) is 0 Å². The lowest BCUT2D eigenvalue weighted by Gasteiger charge is -2.26. The standard InChI is InChI=1S/C17H25NO/c1-17(2,3)18-12-15(19)11-14-9-6-8-13-7-4-5-10-16(13)14/h4-5,7,10,14,18H,6,8-9,11-12H2,1-3H3. The number of rotatable bonds is 4. The van der Waals surface area contributed by atoms with Gasteiger partial charge in [-0.2, -0.15) is 0 Å². The number of aryl methyl sites for hydroxylation is 1. The van der Waals surface area contributed by atoms with E-state index < -0.39 is 0 Å². The van der Waals surface area contributed by atoms with Gasteiger partial charge in [-0.3, -0.25) is 4.79 Å². The third-order valence-electron chi connectivity index (χ3n) is 3.78. The van der Waals surface area contributed by atoms with Crippen molar-refractivity contribution >= 4 is 5.78 Å². The lowest BCUT2D eigenvalue weighted by molar-refractivity contribution is -0.119. The van der Waals surface area contributed by atoms with Crippen LogP contribution in [0.1, 0.15) is 57.1 Å². The third kappa shape index (κ3) is 4.17. The van der Waals surface area contributed by atoms with Gasteiger partial charge in [0.25, 0.3) is 0 Å². The largest absolute Gasteiger partial charge is 0.305 e. The van der Waals surface area contributed by atoms with E-state index in [1.54, 1.807) is 0 Å². The minimum absolute atomic E-state index is 0.0140. The van der Waals surface area contributed by atoms with Gasteiger partial charge in [0.1, 0.15) is 5.78 Å². The van der Waals surface area contributed by atoms with E-state index in [0.717, 1.165) is 6.42 Å². The molecule has 0 saturated carbocycles. The summed E-state index contributed by atoms with van der Waals surface area (Å²) in [6.45, 7) is 6.77. The average Bonchev–Trinajstić information content (AvgIpc) is 2.36. The first-order valence-electron chi connectivity index (χ1n) is 7.30. The summed E-state index contributed by atoms with van der Waals surface area (Å²) in [5.41, 5.74) is 2.85. The number of Topliss-reactive ketones (excluding diaryl/α,β-unsaturated/α-hetero) is 1. The molecule has 0 amide bonds. The monoisotopic (exact) mass is 259 g/mol. The maximum Gasteiger partial charge on any atom is 0.147 e. The zero-order valence-electron chi connectivity index (χ0n) is 12.3. The SMILES string of the molecule is CC(C)(C)NCC(=O)CC1CCCc2ccccc21. The Labute approximate surface area is 116 Å². The molecule has 1 aliphatic rings. The molecule has 104 valence electrons. The Kier molecular flexibility index (Phi) is 4.41. The van der Waals surface area contributed by atoms with E-state index in [-0.39, 0.29) is 5.54 Å². The van der Waals surface area contributed by atoms with E-state index in [2.05, 4.69) is 50.4 Å². The molecule has 0 radical (unpaired) electrons. The third-order valence-corrected chi connectivity index (χ3v) is 3.78. The number of carbonyl (C=O) groups is 1. The fraction of sp³-hybridized carbons (Fsp3) is 0.588. The second-order valence-corrected chi connectivity index (χ2v) is 6.63. The molecule has 19 heavy (non-hydrogen) atoms. The predicted molar refractivity (Wildman–Crippen MR) is 79.5 cm³/mol. The highest BCUT2D eigenvalue weighted by atomic mass is 16.1. The van der Waals surface area contributed by atoms with E-state index in [1.165, 1.54) is 24.0 Å². The van der Waals surface area contributed by atoms with Crippen LogP contribution >= 0.6 is 0 Å². The van der Waals surface area contributed by atoms with E-state index in [1.807, 2.05) is 0 Å². The summed E-state index contributed by atoms with van der Waals surface area (Å²) in [5, 5.41) is 3.29. The Morgan fingerprint density at radius 1 is 1.32 bits per heavy atom. The molecule has 1 atom stereocenters. The molecule has 0 fully saturated rings. The Hall–Kier alpha value is -1.15. The van der Waals surface area contributed by atoms with Crippen molar-refractivity contribution in [1.29, 1.82) is 0 Å². The van der Waals surface area contributed by atoms with Crippen LogP contribution in [0.25, 0.3) is 0 Å². The molecule has 1 aliphatic carbocycles. The number of hydrogen-bond acceptors (Lipinski definition) is 2. The van der Waals surface area contributed by atoms with Crippen LogP contribution in [-0.4, -0.2) is 17.9 Å². The predicted octanol–water partition coefficient (Wildman–Crippen LogP) is 3.45. The molecule has 0 aliphatic heterocycles. The number of ketones is 1. The summed E-state index contributed by atoms with van der Waals surface area (Å²) in [6.07, 6.45) is 4.21. The van der Waals surface area contributed by atoms with Gasteiger partial charge in [-0.1, -0.05) is 24.3 Å². The van der Waals surface area contributed by atoms with Gasteiger partial charge in [0, 0.05) is 12.0 Å². The lowest BCUT2D eigenvalue weighted by atomic mass is 9.80. The molecular weight excluding hydrogens is 234 g/mol. The summed E-state index contributed by atoms with van der Waals surface area (Å²) in [5.74, 6) is 0.760. The first-order chi connectivity index (χ1) is 8.96. The Morgan fingerprint density at radius 2 is 2.05 bits per heavy atom. The van der Waals surface area contributed by atoms with E-state index in [4.69, 9.17) is 0 Å². The van der Waals surface area contributed by atoms with Crippen LogP contribution in [0.15, 0.2) is 24.3 Å². The summed E-state index contributed by atoms with van der Waals surface area (Å²) in [7, 11) is 0. The minimum atomic E-state index is 0.0140. The second-order valence-electron chi connectivity index (χ2n) is 6.63. The Balaban J connectivity index is 1.95. The highest BCUT2D eigenvalue weighted by Gasteiger charge is 2.22. The Bertz CT molecular complexity index is 445. The van der Waals surface area contributed by atoms with Gasteiger partial charge < -0.3 is 5.32 Å². The summed E-state index contributed by atoms with van der Waals surface area (Å²) in [4.78, 5) is 12.1. The van der Waals surface area contributed by atoms with Gasteiger partial charge in [-0.15, -0.1) is 0 Å². The zero-order valence-corrected chi connectivity index (χ0v) is 12.3. The van der Waals surface area contributed by atoms with Gasteiger partial charge in [0.05, 0.1) is 6.54 Å². The fourth-order valence-electron chi connectivity index (χ4n) is 2.78. The molecule has 0 heterocycles. The molecule has 1 N–H and O–H groups in total. The van der Waals surface area contributed by atoms with Gasteiger partial charge in [-0.05, 0) is 57.1 Å². The first-order valence-corrected chi connectivity index (χ1v) is 7.30. The molecule has 2 nitrogen and oxygen atoms in total. The number of fused-ring (bicyclic) bond motifs is 1. The normalized spacial score (nSPS) is 19.0. The van der Waals surface area contributed by atoms with Crippen LogP contribution in [-0.2, 0) is 11.2 Å². The Morgan fingerprint density at radius 3 is 2.79 bits per heavy atom. The molecule has 2 rings (SSSR count). The average molecular weight is 259 g/mol. The number of nitrogens with one attached hydrogen (secondary N) is 1. The van der Waals surface area contributed by atoms with Crippen LogP contribution in [0.2, 0.25) is 0 Å². The highest BCUT2D eigenvalue weighted by molar-refractivity contribution is 5.81.